The van der Waals surface area contributed by atoms with E-state index in [2.05, 4.69) is 20.7 Å². The third kappa shape index (κ3) is 5.49. The summed E-state index contributed by atoms with van der Waals surface area (Å²) in [6.07, 6.45) is 2.78. The predicted molar refractivity (Wildman–Crippen MR) is 96.1 cm³/mol. The number of non-ortho nitro benzene ring substituents is 2. The predicted octanol–water partition coefficient (Wildman–Crippen LogP) is 1.78. The van der Waals surface area contributed by atoms with Crippen molar-refractivity contribution in [1.29, 1.82) is 0 Å². The Bertz CT molecular complexity index is 874. The van der Waals surface area contributed by atoms with Gasteiger partial charge in [0, 0.05) is 24.3 Å². The van der Waals surface area contributed by atoms with Crippen LogP contribution in [0.15, 0.2) is 63.8 Å². The molecule has 2 aromatic rings. The summed E-state index contributed by atoms with van der Waals surface area (Å²) >= 11 is 0. The van der Waals surface area contributed by atoms with Crippen LogP contribution in [0.4, 0.5) is 11.4 Å². The molecule has 3 N–H and O–H groups in total. The van der Waals surface area contributed by atoms with E-state index < -0.39 is 9.85 Å². The van der Waals surface area contributed by atoms with Crippen LogP contribution in [0, 0.1) is 20.2 Å². The monoisotopic (exact) mass is 355 g/mol. The van der Waals surface area contributed by atoms with E-state index in [0.717, 1.165) is 0 Å². The maximum atomic E-state index is 10.5. The van der Waals surface area contributed by atoms with Crippen molar-refractivity contribution in [3.05, 3.63) is 79.9 Å². The van der Waals surface area contributed by atoms with Crippen LogP contribution in [0.3, 0.4) is 0 Å². The van der Waals surface area contributed by atoms with Crippen LogP contribution in [0.2, 0.25) is 0 Å². The molecule has 2 aromatic carbocycles. The highest BCUT2D eigenvalue weighted by Crippen LogP contribution is 2.11. The lowest BCUT2D eigenvalue weighted by molar-refractivity contribution is -0.385. The Kier molecular flexibility index (Phi) is 6.04. The Morgan fingerprint density at radius 3 is 1.81 bits per heavy atom. The number of nitrogens with two attached hydrogens (primary N) is 1. The number of hydrogen-bond acceptors (Lipinski definition) is 7. The van der Waals surface area contributed by atoms with Crippen molar-refractivity contribution < 1.29 is 9.85 Å². The van der Waals surface area contributed by atoms with Gasteiger partial charge in [0.15, 0.2) is 0 Å². The minimum absolute atomic E-state index is 0.0169. The third-order valence-corrected chi connectivity index (χ3v) is 2.97. The number of guanidine groups is 1. The summed E-state index contributed by atoms with van der Waals surface area (Å²) in [5.74, 6) is -0.0821. The Morgan fingerprint density at radius 1 is 0.885 bits per heavy atom. The molecule has 0 aliphatic heterocycles. The lowest BCUT2D eigenvalue weighted by Gasteiger charge is -1.96. The summed E-state index contributed by atoms with van der Waals surface area (Å²) < 4.78 is 0. The first-order valence-electron chi connectivity index (χ1n) is 7.10. The molecule has 0 amide bonds. The van der Waals surface area contributed by atoms with E-state index in [1.807, 2.05) is 0 Å². The van der Waals surface area contributed by atoms with E-state index in [4.69, 9.17) is 5.73 Å². The van der Waals surface area contributed by atoms with Gasteiger partial charge in [0.2, 0.25) is 5.96 Å². The number of nitro benzene ring substituents is 2. The van der Waals surface area contributed by atoms with Crippen LogP contribution >= 0.6 is 0 Å². The summed E-state index contributed by atoms with van der Waals surface area (Å²) in [5, 5.41) is 32.3. The van der Waals surface area contributed by atoms with Crippen molar-refractivity contribution >= 4 is 29.8 Å². The van der Waals surface area contributed by atoms with Gasteiger partial charge in [0.25, 0.3) is 11.4 Å². The minimum Gasteiger partial charge on any atom is -0.367 e. The molecule has 0 aliphatic carbocycles. The quantitative estimate of drug-likeness (QED) is 0.347. The topological polar surface area (TPSA) is 161 Å². The van der Waals surface area contributed by atoms with Crippen molar-refractivity contribution in [3.63, 3.8) is 0 Å². The van der Waals surface area contributed by atoms with Crippen LogP contribution < -0.4 is 11.2 Å². The number of nitro groups is 2. The maximum Gasteiger partial charge on any atom is 0.269 e. The van der Waals surface area contributed by atoms with Gasteiger partial charge in [-0.1, -0.05) is 0 Å². The Labute approximate surface area is 146 Å². The number of nitrogens with zero attached hydrogens (tertiary/aromatic N) is 5. The molecule has 26 heavy (non-hydrogen) atoms. The Hall–Kier alpha value is -4.15. The summed E-state index contributed by atoms with van der Waals surface area (Å²) in [4.78, 5) is 20.1. The normalized spacial score (nSPS) is 11.8. The van der Waals surface area contributed by atoms with Gasteiger partial charge in [0.1, 0.15) is 0 Å². The molecule has 0 saturated carbocycles. The standard InChI is InChI=1S/C15H13N7O4/c16-15(19-17-9-11-1-5-13(6-2-11)21(23)24)20-18-10-12-3-7-14(8-4-12)22(25)26/h1-10H,(H3,16,19,20)/b17-9-,18-10-. The fourth-order valence-electron chi connectivity index (χ4n) is 1.72. The smallest absolute Gasteiger partial charge is 0.269 e. The molecule has 132 valence electrons. The van der Waals surface area contributed by atoms with E-state index in [9.17, 15) is 20.2 Å². The zero-order valence-corrected chi connectivity index (χ0v) is 13.2. The van der Waals surface area contributed by atoms with Gasteiger partial charge in [0.05, 0.1) is 22.3 Å². The van der Waals surface area contributed by atoms with Crippen LogP contribution in [-0.2, 0) is 0 Å². The van der Waals surface area contributed by atoms with Crippen molar-refractivity contribution in [1.82, 2.24) is 5.43 Å². The second kappa shape index (κ2) is 8.63. The SMILES string of the molecule is N/C(=N\N=C/c1ccc([N+](=O)[O-])cc1)N/N=C\c1ccc([N+](=O)[O-])cc1. The third-order valence-electron chi connectivity index (χ3n) is 2.97. The van der Waals surface area contributed by atoms with E-state index >= 15 is 0 Å². The molecule has 0 saturated heterocycles. The van der Waals surface area contributed by atoms with Gasteiger partial charge >= 0.3 is 0 Å². The van der Waals surface area contributed by atoms with Crippen LogP contribution in [0.5, 0.6) is 0 Å². The molecular weight excluding hydrogens is 342 g/mol. The number of rotatable bonds is 6. The zero-order chi connectivity index (χ0) is 18.9. The van der Waals surface area contributed by atoms with Gasteiger partial charge in [-0.05, 0) is 35.4 Å². The largest absolute Gasteiger partial charge is 0.367 e. The molecule has 0 heterocycles. The van der Waals surface area contributed by atoms with E-state index in [1.54, 1.807) is 0 Å². The Morgan fingerprint density at radius 2 is 1.35 bits per heavy atom. The first kappa shape index (κ1) is 18.2. The molecule has 11 heteroatoms. The van der Waals surface area contributed by atoms with Crippen molar-refractivity contribution in [3.8, 4) is 0 Å². The molecule has 0 atom stereocenters. The van der Waals surface area contributed by atoms with Gasteiger partial charge in [-0.3, -0.25) is 20.2 Å². The minimum atomic E-state index is -0.496. The lowest BCUT2D eigenvalue weighted by Crippen LogP contribution is -2.26. The highest BCUT2D eigenvalue weighted by molar-refractivity contribution is 5.84. The zero-order valence-electron chi connectivity index (χ0n) is 13.2. The van der Waals surface area contributed by atoms with Crippen LogP contribution in [-0.4, -0.2) is 28.2 Å². The molecule has 0 unspecified atom stereocenters. The van der Waals surface area contributed by atoms with E-state index in [1.165, 1.54) is 61.0 Å². The van der Waals surface area contributed by atoms with Gasteiger partial charge in [-0.15, -0.1) is 5.10 Å². The highest BCUT2D eigenvalue weighted by atomic mass is 16.6. The maximum absolute atomic E-state index is 10.5. The Balaban J connectivity index is 1.89. The second-order valence-electron chi connectivity index (χ2n) is 4.80. The number of benzene rings is 2. The highest BCUT2D eigenvalue weighted by Gasteiger charge is 2.03. The van der Waals surface area contributed by atoms with Crippen LogP contribution in [0.1, 0.15) is 11.1 Å². The van der Waals surface area contributed by atoms with Gasteiger partial charge in [-0.25, -0.2) is 5.43 Å². The molecule has 0 aliphatic rings. The van der Waals surface area contributed by atoms with E-state index in [0.29, 0.717) is 11.1 Å². The fraction of sp³-hybridized carbons (Fsp3) is 0. The van der Waals surface area contributed by atoms with Crippen molar-refractivity contribution in [2.45, 2.75) is 0 Å². The summed E-state index contributed by atoms with van der Waals surface area (Å²) in [5.41, 5.74) is 9.21. The molecule has 0 radical (unpaired) electrons. The molecule has 0 fully saturated rings. The van der Waals surface area contributed by atoms with Gasteiger partial charge in [-0.2, -0.15) is 10.2 Å². The first-order chi connectivity index (χ1) is 12.5. The first-order valence-corrected chi connectivity index (χ1v) is 7.10. The molecule has 2 rings (SSSR count). The molecular formula is C15H13N7O4. The average Bonchev–Trinajstić information content (AvgIpc) is 2.62. The molecule has 11 nitrogen and oxygen atoms in total. The number of hydrazone groups is 1. The molecule has 0 aromatic heterocycles. The number of nitrogens with one attached hydrogen (secondary N) is 1. The van der Waals surface area contributed by atoms with Gasteiger partial charge < -0.3 is 5.73 Å². The number of hydrogen-bond donors (Lipinski definition) is 2. The van der Waals surface area contributed by atoms with Crippen molar-refractivity contribution in [2.75, 3.05) is 0 Å². The van der Waals surface area contributed by atoms with Crippen LogP contribution in [0.25, 0.3) is 0 Å². The lowest BCUT2D eigenvalue weighted by atomic mass is 10.2. The van der Waals surface area contributed by atoms with E-state index in [-0.39, 0.29) is 17.3 Å². The van der Waals surface area contributed by atoms with Crippen molar-refractivity contribution in [2.24, 2.45) is 21.0 Å². The summed E-state index contributed by atoms with van der Waals surface area (Å²) in [7, 11) is 0. The second-order valence-corrected chi connectivity index (χ2v) is 4.80. The summed E-state index contributed by atoms with van der Waals surface area (Å²) in [6.45, 7) is 0. The average molecular weight is 355 g/mol. The fourth-order valence-corrected chi connectivity index (χ4v) is 1.72. The molecule has 0 bridgehead atoms. The molecule has 0 spiro atoms. The summed E-state index contributed by atoms with van der Waals surface area (Å²) in [6, 6.07) is 11.5.